The minimum atomic E-state index is -0.909. The van der Waals surface area contributed by atoms with Gasteiger partial charge >= 0.3 is 0 Å². The molecule has 240 valence electrons. The van der Waals surface area contributed by atoms with Crippen LogP contribution in [0.1, 0.15) is 56.9 Å². The van der Waals surface area contributed by atoms with Gasteiger partial charge in [-0.2, -0.15) is 0 Å². The fraction of sp³-hybridized carbons (Fsp3) is 0.227. The lowest BCUT2D eigenvalue weighted by molar-refractivity contribution is 0.281. The van der Waals surface area contributed by atoms with E-state index in [1.807, 2.05) is 6.08 Å². The predicted octanol–water partition coefficient (Wildman–Crippen LogP) is 11.1. The number of benzene rings is 4. The number of rotatable bonds is 9. The molecule has 0 aliphatic carbocycles. The monoisotopic (exact) mass is 654 g/mol. The molecule has 4 aromatic rings. The molecule has 1 aliphatic heterocycles. The topological polar surface area (TPSA) is 9.23 Å². The maximum absolute atomic E-state index is 7.37. The van der Waals surface area contributed by atoms with E-state index in [-0.39, 0.29) is 5.41 Å². The summed E-state index contributed by atoms with van der Waals surface area (Å²) in [4.78, 5) is 0. The number of hydrogen-bond donors (Lipinski definition) is 0. The lowest BCUT2D eigenvalue weighted by Gasteiger charge is -2.40. The third-order valence-corrected chi connectivity index (χ3v) is 14.4. The Morgan fingerprint density at radius 3 is 1.11 bits per heavy atom. The van der Waals surface area contributed by atoms with Crippen molar-refractivity contribution in [3.8, 4) is 0 Å². The molecule has 0 saturated carbocycles. The highest BCUT2D eigenvalue weighted by Crippen LogP contribution is 2.57. The van der Waals surface area contributed by atoms with Crippen molar-refractivity contribution in [3.05, 3.63) is 177 Å². The van der Waals surface area contributed by atoms with Gasteiger partial charge in [0.2, 0.25) is 0 Å². The molecule has 0 aromatic heterocycles. The Morgan fingerprint density at radius 1 is 0.532 bits per heavy atom. The van der Waals surface area contributed by atoms with Crippen molar-refractivity contribution >= 4 is 37.1 Å². The molecule has 0 unspecified atom stereocenters. The van der Waals surface area contributed by atoms with E-state index in [1.165, 1.54) is 59.7 Å². The molecule has 3 heteroatoms. The second-order valence-electron chi connectivity index (χ2n) is 13.0. The summed E-state index contributed by atoms with van der Waals surface area (Å²) in [5.41, 5.74) is 7.10. The maximum Gasteiger partial charge on any atom is 0.139 e. The molecule has 4 aromatic carbocycles. The van der Waals surface area contributed by atoms with Gasteiger partial charge in [-0.05, 0) is 91.1 Å². The van der Waals surface area contributed by atoms with E-state index >= 15 is 0 Å². The smallest absolute Gasteiger partial charge is 0.139 e. The molecule has 0 fully saturated rings. The molecule has 5 rings (SSSR count). The zero-order valence-corrected chi connectivity index (χ0v) is 31.3. The zero-order chi connectivity index (χ0) is 33.9. The van der Waals surface area contributed by atoms with Gasteiger partial charge in [-0.1, -0.05) is 158 Å². The molecule has 1 aliphatic rings. The van der Waals surface area contributed by atoms with Gasteiger partial charge in [0.05, 0.1) is 0 Å². The van der Waals surface area contributed by atoms with Crippen molar-refractivity contribution in [2.75, 3.05) is 0 Å². The van der Waals surface area contributed by atoms with Crippen LogP contribution in [0.2, 0.25) is 0 Å². The molecule has 1 nitrogen and oxygen atoms in total. The van der Waals surface area contributed by atoms with Crippen molar-refractivity contribution in [2.24, 2.45) is 5.41 Å². The van der Waals surface area contributed by atoms with Gasteiger partial charge in [0.25, 0.3) is 0 Å². The van der Waals surface area contributed by atoms with Crippen molar-refractivity contribution < 1.29 is 4.74 Å². The van der Waals surface area contributed by atoms with E-state index in [0.717, 1.165) is 17.1 Å². The van der Waals surface area contributed by atoms with Gasteiger partial charge in [-0.25, -0.2) is 0 Å². The molecular formula is C44H48OP2. The van der Waals surface area contributed by atoms with E-state index in [0.29, 0.717) is 0 Å². The molecule has 47 heavy (non-hydrogen) atoms. The van der Waals surface area contributed by atoms with Gasteiger partial charge in [0.15, 0.2) is 0 Å². The first-order chi connectivity index (χ1) is 22.5. The second kappa shape index (κ2) is 14.6. The van der Waals surface area contributed by atoms with E-state index in [9.17, 15) is 0 Å². The predicted molar refractivity (Wildman–Crippen MR) is 209 cm³/mol. The Labute approximate surface area is 286 Å². The minimum absolute atomic E-state index is 0.295. The van der Waals surface area contributed by atoms with Crippen LogP contribution in [0, 0.1) is 33.1 Å². The molecule has 0 N–H and O–H groups in total. The summed E-state index contributed by atoms with van der Waals surface area (Å²) in [6.07, 6.45) is 6.58. The summed E-state index contributed by atoms with van der Waals surface area (Å²) < 4.78 is 7.37. The summed E-state index contributed by atoms with van der Waals surface area (Å²) in [5, 5.41) is 7.70. The number of ether oxygens (including phenoxy) is 1. The average molecular weight is 655 g/mol. The van der Waals surface area contributed by atoms with Crippen LogP contribution >= 0.6 is 15.8 Å². The first-order valence-corrected chi connectivity index (χ1v) is 19.1. The van der Waals surface area contributed by atoms with Gasteiger partial charge in [-0.3, -0.25) is 0 Å². The summed E-state index contributed by atoms with van der Waals surface area (Å²) in [6.45, 7) is 24.2. The Morgan fingerprint density at radius 2 is 0.830 bits per heavy atom. The Hall–Kier alpha value is -3.76. The van der Waals surface area contributed by atoms with E-state index in [2.05, 4.69) is 178 Å². The Bertz CT molecular complexity index is 1770. The van der Waals surface area contributed by atoms with Crippen LogP contribution < -0.4 is 21.2 Å². The van der Waals surface area contributed by atoms with Gasteiger partial charge in [-0.15, -0.1) is 0 Å². The van der Waals surface area contributed by atoms with Crippen LogP contribution in [0.25, 0.3) is 0 Å². The lowest BCUT2D eigenvalue weighted by Crippen LogP contribution is -2.27. The van der Waals surface area contributed by atoms with Crippen molar-refractivity contribution in [3.63, 3.8) is 0 Å². The van der Waals surface area contributed by atoms with E-state index in [1.54, 1.807) is 0 Å². The molecule has 0 spiro atoms. The highest BCUT2D eigenvalue weighted by molar-refractivity contribution is 7.77. The molecule has 0 atom stereocenters. The van der Waals surface area contributed by atoms with Gasteiger partial charge < -0.3 is 4.74 Å². The van der Waals surface area contributed by atoms with E-state index in [4.69, 9.17) is 4.74 Å². The molecular weight excluding hydrogens is 606 g/mol. The summed E-state index contributed by atoms with van der Waals surface area (Å²) >= 11 is 0. The van der Waals surface area contributed by atoms with Crippen LogP contribution in [-0.4, -0.2) is 0 Å². The molecule has 0 amide bonds. The lowest BCUT2D eigenvalue weighted by atomic mass is 9.75. The third-order valence-electron chi connectivity index (χ3n) is 9.27. The standard InChI is InChI=1S/C44H48OP2/c1-11-39-43(41(13-3)47(37-26-18-32(6)19-27-37)38-28-20-33(7)21-29-38)45-42(34(8)44(39,9)10)40(12-2)46(35-22-14-30(4)15-23-35)36-24-16-31(5)17-25-36/h11-29H,1H2,2-10H3/b40-12+,41-13+. The Balaban J connectivity index is 1.71. The van der Waals surface area contributed by atoms with Crippen LogP contribution in [0.4, 0.5) is 0 Å². The van der Waals surface area contributed by atoms with Crippen molar-refractivity contribution in [2.45, 2.75) is 62.3 Å². The first-order valence-electron chi connectivity index (χ1n) is 16.5. The molecule has 0 bridgehead atoms. The van der Waals surface area contributed by atoms with Gasteiger partial charge in [0, 0.05) is 21.6 Å². The SMILES string of the molecule is C=CC1=C(/C(=C\C)P(c2ccc(C)cc2)c2ccc(C)cc2)OC(/C(=C\C)P(c2ccc(C)cc2)c2ccc(C)cc2)=C(C)C1(C)C. The molecule has 0 radical (unpaired) electrons. The van der Waals surface area contributed by atoms with Crippen molar-refractivity contribution in [1.29, 1.82) is 0 Å². The highest BCUT2D eigenvalue weighted by atomic mass is 31.1. The fourth-order valence-corrected chi connectivity index (χ4v) is 10.9. The minimum Gasteiger partial charge on any atom is -0.456 e. The van der Waals surface area contributed by atoms with Crippen molar-refractivity contribution in [1.82, 2.24) is 0 Å². The highest BCUT2D eigenvalue weighted by Gasteiger charge is 2.40. The summed E-state index contributed by atoms with van der Waals surface area (Å²) in [5.74, 6) is 1.91. The summed E-state index contributed by atoms with van der Waals surface area (Å²) in [6, 6.07) is 36.2. The van der Waals surface area contributed by atoms with Crippen LogP contribution in [-0.2, 0) is 4.74 Å². The first kappa shape index (κ1) is 34.6. The third kappa shape index (κ3) is 7.09. The second-order valence-corrected chi connectivity index (χ2v) is 17.4. The quantitative estimate of drug-likeness (QED) is 0.163. The maximum atomic E-state index is 7.37. The molecule has 0 saturated heterocycles. The number of hydrogen-bond acceptors (Lipinski definition) is 1. The average Bonchev–Trinajstić information content (AvgIpc) is 3.06. The number of allylic oxidation sites excluding steroid dienone is 7. The van der Waals surface area contributed by atoms with Crippen LogP contribution in [0.15, 0.2) is 155 Å². The fourth-order valence-electron chi connectivity index (χ4n) is 6.14. The Kier molecular flexibility index (Phi) is 10.7. The molecule has 1 heterocycles. The normalized spacial score (nSPS) is 15.4. The van der Waals surface area contributed by atoms with Crippen LogP contribution in [0.3, 0.4) is 0 Å². The largest absolute Gasteiger partial charge is 0.456 e. The summed E-state index contributed by atoms with van der Waals surface area (Å²) in [7, 11) is -1.80. The number of aryl methyl sites for hydroxylation is 4. The van der Waals surface area contributed by atoms with Crippen LogP contribution in [0.5, 0.6) is 0 Å². The van der Waals surface area contributed by atoms with E-state index < -0.39 is 15.8 Å². The zero-order valence-electron chi connectivity index (χ0n) is 29.5. The van der Waals surface area contributed by atoms with Gasteiger partial charge in [0.1, 0.15) is 11.5 Å².